The van der Waals surface area contributed by atoms with Crippen LogP contribution in [0.15, 0.2) is 12.5 Å². The van der Waals surface area contributed by atoms with Crippen molar-refractivity contribution in [1.82, 2.24) is 14.5 Å². The summed E-state index contributed by atoms with van der Waals surface area (Å²) in [6.07, 6.45) is 1.97. The third kappa shape index (κ3) is 6.46. The lowest BCUT2D eigenvalue weighted by molar-refractivity contribution is -0.109. The molecule has 208 valence electrons. The number of carbonyl (C=O) groups excluding carboxylic acids is 1. The zero-order valence-corrected chi connectivity index (χ0v) is 29.0. The molecule has 0 radical (unpaired) electrons. The highest BCUT2D eigenvalue weighted by molar-refractivity contribution is 14.1. The number of hydrogen-bond donors (Lipinski definition) is 1. The Bertz CT molecular complexity index is 1150. The largest absolute Gasteiger partial charge is 0.408 e. The summed E-state index contributed by atoms with van der Waals surface area (Å²) in [4.78, 5) is 20.7. The maximum atomic E-state index is 12.0. The number of rotatable bonds is 7. The van der Waals surface area contributed by atoms with E-state index in [-0.39, 0.29) is 33.5 Å². The number of nitrogens with zero attached hydrogens (tertiary/aromatic N) is 3. The smallest absolute Gasteiger partial charge is 0.192 e. The van der Waals surface area contributed by atoms with Crippen molar-refractivity contribution in [2.45, 2.75) is 109 Å². The molecule has 8 nitrogen and oxygen atoms in total. The van der Waals surface area contributed by atoms with E-state index in [0.29, 0.717) is 17.2 Å². The third-order valence-electron chi connectivity index (χ3n) is 8.08. The molecule has 1 aliphatic rings. The SMILES string of the molecule is CC(=O)SC[C@H]1O[C@@H](n2cc(I)c3c(N)ncnc32)[C@H](O[Si](C)(C)C(C)(C)C)[C@@H]1O[Si](C)(C)C(C)(C)C. The first-order valence-electron chi connectivity index (χ1n) is 12.7. The number of halogens is 1. The maximum absolute atomic E-state index is 12.0. The average Bonchev–Trinajstić information content (AvgIpc) is 3.22. The van der Waals surface area contributed by atoms with Gasteiger partial charge in [-0.1, -0.05) is 53.3 Å². The second-order valence-corrected chi connectivity index (χ2v) is 24.8. The molecule has 2 aromatic heterocycles. The number of carbonyl (C=O) groups is 1. The summed E-state index contributed by atoms with van der Waals surface area (Å²) < 4.78 is 24.0. The minimum absolute atomic E-state index is 0.00206. The monoisotopic (exact) mass is 678 g/mol. The lowest BCUT2D eigenvalue weighted by Crippen LogP contribution is -2.53. The number of fused-ring (bicyclic) bond motifs is 1. The van der Waals surface area contributed by atoms with E-state index in [0.717, 1.165) is 8.96 Å². The molecule has 1 fully saturated rings. The predicted octanol–water partition coefficient (Wildman–Crippen LogP) is 6.58. The Kier molecular flexibility index (Phi) is 9.06. The average molecular weight is 679 g/mol. The number of nitrogen functional groups attached to an aromatic ring is 1. The molecule has 12 heteroatoms. The molecule has 0 aliphatic carbocycles. The van der Waals surface area contributed by atoms with Crippen molar-refractivity contribution >= 4 is 73.0 Å². The lowest BCUT2D eigenvalue weighted by Gasteiger charge is -2.44. The Balaban J connectivity index is 2.17. The van der Waals surface area contributed by atoms with E-state index in [9.17, 15) is 4.79 Å². The molecular formula is C25H43IN4O4SSi2. The van der Waals surface area contributed by atoms with E-state index >= 15 is 0 Å². The van der Waals surface area contributed by atoms with Gasteiger partial charge in [-0.15, -0.1) is 0 Å². The zero-order chi connectivity index (χ0) is 28.1. The molecule has 0 bridgehead atoms. The van der Waals surface area contributed by atoms with Crippen LogP contribution in [-0.2, 0) is 18.4 Å². The van der Waals surface area contributed by atoms with Gasteiger partial charge in [-0.3, -0.25) is 4.79 Å². The van der Waals surface area contributed by atoms with Gasteiger partial charge in [0.1, 0.15) is 30.0 Å². The van der Waals surface area contributed by atoms with E-state index < -0.39 is 22.9 Å². The predicted molar refractivity (Wildman–Crippen MR) is 166 cm³/mol. The topological polar surface area (TPSA) is 101 Å². The Hall–Kier alpha value is -0.516. The van der Waals surface area contributed by atoms with Crippen LogP contribution in [0.2, 0.25) is 36.3 Å². The lowest BCUT2D eigenvalue weighted by atomic mass is 10.1. The van der Waals surface area contributed by atoms with Gasteiger partial charge in [0.05, 0.1) is 11.5 Å². The molecule has 3 heterocycles. The van der Waals surface area contributed by atoms with Crippen molar-refractivity contribution in [1.29, 1.82) is 0 Å². The number of ether oxygens (including phenoxy) is 1. The number of thioether (sulfide) groups is 1. The highest BCUT2D eigenvalue weighted by atomic mass is 127. The van der Waals surface area contributed by atoms with Gasteiger partial charge in [-0.25, -0.2) is 9.97 Å². The van der Waals surface area contributed by atoms with Crippen molar-refractivity contribution in [3.8, 4) is 0 Å². The van der Waals surface area contributed by atoms with E-state index in [2.05, 4.69) is 100 Å². The van der Waals surface area contributed by atoms with Crippen LogP contribution in [-0.4, -0.2) is 60.3 Å². The van der Waals surface area contributed by atoms with Gasteiger partial charge < -0.3 is 23.9 Å². The summed E-state index contributed by atoms with van der Waals surface area (Å²) in [6, 6.07) is 0. The van der Waals surface area contributed by atoms with Crippen molar-refractivity contribution in [3.63, 3.8) is 0 Å². The first kappa shape index (κ1) is 31.0. The fourth-order valence-electron chi connectivity index (χ4n) is 3.82. The van der Waals surface area contributed by atoms with Crippen LogP contribution in [0.1, 0.15) is 54.7 Å². The first-order chi connectivity index (χ1) is 16.8. The van der Waals surface area contributed by atoms with Crippen LogP contribution >= 0.6 is 34.4 Å². The Morgan fingerprint density at radius 3 is 2.14 bits per heavy atom. The standard InChI is InChI=1S/C25H43IN4O4SSi2/c1-15(31)35-13-17-19(33-36(8,9)24(2,3)4)20(34-37(10,11)25(5,6)7)23(32-17)30-12-16(26)18-21(27)28-14-29-22(18)30/h12,14,17,19-20,23H,13H2,1-11H3,(H2,27,28,29)/t17-,19-,20-,23-/m1/s1. The summed E-state index contributed by atoms with van der Waals surface area (Å²) in [7, 11) is -4.46. The molecule has 0 amide bonds. The van der Waals surface area contributed by atoms with Crippen molar-refractivity contribution in [2.75, 3.05) is 11.5 Å². The molecule has 37 heavy (non-hydrogen) atoms. The Morgan fingerprint density at radius 1 is 1.08 bits per heavy atom. The fraction of sp³-hybridized carbons (Fsp3) is 0.720. The molecule has 1 aliphatic heterocycles. The Labute approximate surface area is 241 Å². The van der Waals surface area contributed by atoms with E-state index in [1.807, 2.05) is 10.8 Å². The maximum Gasteiger partial charge on any atom is 0.192 e. The summed E-state index contributed by atoms with van der Waals surface area (Å²) in [5.74, 6) is 0.932. The van der Waals surface area contributed by atoms with Crippen LogP contribution in [0.3, 0.4) is 0 Å². The van der Waals surface area contributed by atoms with Gasteiger partial charge in [0, 0.05) is 22.4 Å². The molecular weight excluding hydrogens is 635 g/mol. The number of anilines is 1. The van der Waals surface area contributed by atoms with Crippen molar-refractivity contribution in [3.05, 3.63) is 16.1 Å². The summed E-state index contributed by atoms with van der Waals surface area (Å²) in [5, 5.41) is 0.857. The summed E-state index contributed by atoms with van der Waals surface area (Å²) in [6.45, 7) is 24.0. The van der Waals surface area contributed by atoms with Crippen LogP contribution < -0.4 is 5.73 Å². The van der Waals surface area contributed by atoms with E-state index in [1.165, 1.54) is 18.1 Å². The van der Waals surface area contributed by atoms with Crippen LogP contribution in [0, 0.1) is 3.57 Å². The second-order valence-electron chi connectivity index (χ2n) is 12.9. The Morgan fingerprint density at radius 2 is 1.62 bits per heavy atom. The quantitative estimate of drug-likeness (QED) is 0.259. The molecule has 2 aromatic rings. The van der Waals surface area contributed by atoms with Crippen LogP contribution in [0.5, 0.6) is 0 Å². The third-order valence-corrected chi connectivity index (χ3v) is 18.7. The fourth-order valence-corrected chi connectivity index (χ4v) is 7.91. The molecule has 3 rings (SSSR count). The molecule has 1 saturated heterocycles. The molecule has 4 atom stereocenters. The first-order valence-corrected chi connectivity index (χ1v) is 20.6. The molecule has 0 saturated carbocycles. The van der Waals surface area contributed by atoms with Gasteiger partial charge >= 0.3 is 0 Å². The number of aromatic nitrogens is 3. The summed E-state index contributed by atoms with van der Waals surface area (Å²) in [5.41, 5.74) is 6.94. The van der Waals surface area contributed by atoms with E-state index in [4.69, 9.17) is 19.3 Å². The van der Waals surface area contributed by atoms with Gasteiger partial charge in [-0.05, 0) is 58.9 Å². The highest BCUT2D eigenvalue weighted by Gasteiger charge is 2.54. The van der Waals surface area contributed by atoms with Gasteiger partial charge in [0.2, 0.25) is 0 Å². The highest BCUT2D eigenvalue weighted by Crippen LogP contribution is 2.47. The van der Waals surface area contributed by atoms with Crippen LogP contribution in [0.25, 0.3) is 11.0 Å². The number of hydrogen-bond acceptors (Lipinski definition) is 8. The summed E-state index contributed by atoms with van der Waals surface area (Å²) >= 11 is 3.54. The van der Waals surface area contributed by atoms with Gasteiger partial charge in [0.15, 0.2) is 28.0 Å². The van der Waals surface area contributed by atoms with Crippen molar-refractivity contribution in [2.24, 2.45) is 0 Å². The van der Waals surface area contributed by atoms with E-state index in [1.54, 1.807) is 6.92 Å². The van der Waals surface area contributed by atoms with Gasteiger partial charge in [0.25, 0.3) is 0 Å². The molecule has 2 N–H and O–H groups in total. The zero-order valence-electron chi connectivity index (χ0n) is 24.0. The number of nitrogens with two attached hydrogens (primary N) is 1. The minimum Gasteiger partial charge on any atom is -0.408 e. The molecule has 0 aromatic carbocycles. The van der Waals surface area contributed by atoms with Crippen molar-refractivity contribution < 1.29 is 18.4 Å². The normalized spacial score (nSPS) is 23.7. The van der Waals surface area contributed by atoms with Gasteiger partial charge in [-0.2, -0.15) is 0 Å². The molecule has 0 unspecified atom stereocenters. The molecule has 0 spiro atoms. The van der Waals surface area contributed by atoms with Crippen LogP contribution in [0.4, 0.5) is 5.82 Å². The minimum atomic E-state index is -2.24. The second kappa shape index (κ2) is 10.8.